The Morgan fingerprint density at radius 1 is 0.608 bits per heavy atom. The lowest BCUT2D eigenvalue weighted by Gasteiger charge is -2.31. The van der Waals surface area contributed by atoms with Crippen LogP contribution >= 0.6 is 0 Å². The van der Waals surface area contributed by atoms with Gasteiger partial charge in [-0.25, -0.2) is 4.79 Å². The molecule has 0 aromatic carbocycles. The lowest BCUT2D eigenvalue weighted by atomic mass is 10.1. The van der Waals surface area contributed by atoms with Crippen LogP contribution in [0, 0.1) is 0 Å². The largest absolute Gasteiger partial charge is 0.477 e. The maximum atomic E-state index is 12.5. The van der Waals surface area contributed by atoms with Gasteiger partial charge in [0.05, 0.1) is 34.4 Å². The number of nitrogens with zero attached hydrogens (tertiary/aromatic N) is 1. The van der Waals surface area contributed by atoms with Crippen LogP contribution in [0.4, 0.5) is 0 Å². The fraction of sp³-hybridized carbons (Fsp3) is 0.605. The maximum absolute atomic E-state index is 12.5. The summed E-state index contributed by atoms with van der Waals surface area (Å²) in [6, 6.07) is -0.633. The Hall–Kier alpha value is -3.49. The molecule has 0 fully saturated rings. The highest BCUT2D eigenvalue weighted by atomic mass is 16.6. The molecule has 8 heteroatoms. The molecule has 0 amide bonds. The molecule has 0 aliphatic rings. The summed E-state index contributed by atoms with van der Waals surface area (Å²) < 4.78 is 17.0. The molecule has 0 aliphatic heterocycles. The zero-order chi connectivity index (χ0) is 37.8. The molecular weight excluding hydrogens is 642 g/mol. The van der Waals surface area contributed by atoms with Crippen molar-refractivity contribution in [1.29, 1.82) is 0 Å². The van der Waals surface area contributed by atoms with Crippen molar-refractivity contribution < 1.29 is 38.2 Å². The number of carboxylic acids is 1. The molecule has 51 heavy (non-hydrogen) atoms. The molecule has 0 aliphatic carbocycles. The van der Waals surface area contributed by atoms with E-state index in [4.69, 9.17) is 14.2 Å². The standard InChI is InChI=1S/C43H69NO7/c1-6-8-10-12-14-16-17-18-19-20-21-22-23-24-25-26-28-29-31-33-41(45)50-38-39(37-49-36-35-40(43(47)48)44(3,4)5)51-42(46)34-32-30-27-15-13-11-9-7-2/h8,10,14,16,18-19,21-22,24-25,27-30,39-40H,6-7,9,11-13,15,17,20,23,26,31-38H2,1-5H3/p+1/b10-8+,16-14+,19-18+,22-21+,25-24+,29-28+,30-27+. The van der Waals surface area contributed by atoms with Crippen LogP contribution in [0.1, 0.15) is 117 Å². The van der Waals surface area contributed by atoms with Crippen molar-refractivity contribution in [2.45, 2.75) is 129 Å². The van der Waals surface area contributed by atoms with Crippen LogP contribution in [0.2, 0.25) is 0 Å². The zero-order valence-electron chi connectivity index (χ0n) is 32.5. The van der Waals surface area contributed by atoms with Gasteiger partial charge in [0, 0.05) is 19.3 Å². The van der Waals surface area contributed by atoms with Gasteiger partial charge in [0.2, 0.25) is 0 Å². The number of esters is 2. The highest BCUT2D eigenvalue weighted by molar-refractivity contribution is 5.72. The molecule has 0 aromatic rings. The summed E-state index contributed by atoms with van der Waals surface area (Å²) in [5.41, 5.74) is 0. The fourth-order valence-corrected chi connectivity index (χ4v) is 4.84. The van der Waals surface area contributed by atoms with Gasteiger partial charge in [-0.05, 0) is 64.2 Å². The third-order valence-electron chi connectivity index (χ3n) is 7.81. The lowest BCUT2D eigenvalue weighted by Crippen LogP contribution is -2.50. The van der Waals surface area contributed by atoms with E-state index in [1.54, 1.807) is 0 Å². The Morgan fingerprint density at radius 2 is 1.10 bits per heavy atom. The first kappa shape index (κ1) is 47.5. The van der Waals surface area contributed by atoms with Crippen molar-refractivity contribution in [3.05, 3.63) is 85.1 Å². The molecular formula is C43H70NO7+. The fourth-order valence-electron chi connectivity index (χ4n) is 4.84. The molecule has 0 rings (SSSR count). The number of quaternary nitrogens is 1. The van der Waals surface area contributed by atoms with Gasteiger partial charge < -0.3 is 23.8 Å². The van der Waals surface area contributed by atoms with Crippen molar-refractivity contribution in [2.75, 3.05) is 41.0 Å². The Morgan fingerprint density at radius 3 is 1.61 bits per heavy atom. The lowest BCUT2D eigenvalue weighted by molar-refractivity contribution is -0.887. The van der Waals surface area contributed by atoms with Gasteiger partial charge in [-0.2, -0.15) is 0 Å². The number of likely N-dealkylation sites (N-methyl/N-ethyl adjacent to an activating group) is 1. The van der Waals surface area contributed by atoms with Gasteiger partial charge in [0.1, 0.15) is 6.61 Å². The number of hydrogen-bond donors (Lipinski definition) is 1. The molecule has 8 nitrogen and oxygen atoms in total. The van der Waals surface area contributed by atoms with Crippen LogP contribution in [0.25, 0.3) is 0 Å². The Bertz CT molecular complexity index is 1110. The van der Waals surface area contributed by atoms with E-state index < -0.39 is 18.1 Å². The molecule has 0 heterocycles. The van der Waals surface area contributed by atoms with E-state index in [0.717, 1.165) is 51.4 Å². The number of unbranched alkanes of at least 4 members (excludes halogenated alkanes) is 4. The molecule has 0 radical (unpaired) electrons. The first-order chi connectivity index (χ1) is 24.6. The average Bonchev–Trinajstić information content (AvgIpc) is 3.08. The highest BCUT2D eigenvalue weighted by Gasteiger charge is 2.31. The molecule has 2 unspecified atom stereocenters. The Kier molecular flexibility index (Phi) is 31.3. The molecule has 0 saturated carbocycles. The van der Waals surface area contributed by atoms with Gasteiger partial charge in [-0.1, -0.05) is 118 Å². The molecule has 0 spiro atoms. The van der Waals surface area contributed by atoms with Crippen LogP contribution in [0.15, 0.2) is 85.1 Å². The van der Waals surface area contributed by atoms with E-state index in [1.807, 2.05) is 39.4 Å². The van der Waals surface area contributed by atoms with E-state index in [9.17, 15) is 19.5 Å². The number of carbonyl (C=O) groups is 3. The first-order valence-corrected chi connectivity index (χ1v) is 19.1. The second kappa shape index (κ2) is 33.6. The van der Waals surface area contributed by atoms with Crippen LogP contribution in [0.5, 0.6) is 0 Å². The maximum Gasteiger partial charge on any atom is 0.362 e. The summed E-state index contributed by atoms with van der Waals surface area (Å²) in [7, 11) is 5.47. The van der Waals surface area contributed by atoms with Crippen LogP contribution in [-0.4, -0.2) is 80.6 Å². The minimum Gasteiger partial charge on any atom is -0.477 e. The smallest absolute Gasteiger partial charge is 0.362 e. The predicted molar refractivity (Wildman–Crippen MR) is 210 cm³/mol. The molecule has 0 bridgehead atoms. The number of aliphatic carboxylic acids is 1. The minimum absolute atomic E-state index is 0.0168. The number of rotatable bonds is 32. The Balaban J connectivity index is 4.52. The summed E-state index contributed by atoms with van der Waals surface area (Å²) in [5, 5.41) is 9.56. The van der Waals surface area contributed by atoms with Crippen molar-refractivity contribution >= 4 is 17.9 Å². The molecule has 0 saturated heterocycles. The van der Waals surface area contributed by atoms with Gasteiger partial charge >= 0.3 is 17.9 Å². The third kappa shape index (κ3) is 32.2. The topological polar surface area (TPSA) is 99.1 Å². The van der Waals surface area contributed by atoms with Crippen LogP contribution in [-0.2, 0) is 28.6 Å². The average molecular weight is 713 g/mol. The van der Waals surface area contributed by atoms with Gasteiger partial charge in [0.25, 0.3) is 0 Å². The summed E-state index contributed by atoms with van der Waals surface area (Å²) >= 11 is 0. The van der Waals surface area contributed by atoms with E-state index in [0.29, 0.717) is 19.3 Å². The zero-order valence-corrected chi connectivity index (χ0v) is 32.5. The quantitative estimate of drug-likeness (QED) is 0.0321. The van der Waals surface area contributed by atoms with E-state index in [2.05, 4.69) is 80.7 Å². The monoisotopic (exact) mass is 713 g/mol. The summed E-state index contributed by atoms with van der Waals surface area (Å²) in [5.74, 6) is -1.66. The number of allylic oxidation sites excluding steroid dienone is 14. The van der Waals surface area contributed by atoms with E-state index in [-0.39, 0.29) is 49.1 Å². The second-order valence-corrected chi connectivity index (χ2v) is 13.4. The molecule has 0 aromatic heterocycles. The van der Waals surface area contributed by atoms with E-state index in [1.165, 1.54) is 19.3 Å². The van der Waals surface area contributed by atoms with E-state index >= 15 is 0 Å². The van der Waals surface area contributed by atoms with Crippen molar-refractivity contribution in [3.63, 3.8) is 0 Å². The molecule has 1 N–H and O–H groups in total. The third-order valence-corrected chi connectivity index (χ3v) is 7.81. The highest BCUT2D eigenvalue weighted by Crippen LogP contribution is 2.10. The number of carbonyl (C=O) groups excluding carboxylic acids is 2. The SMILES string of the molecule is CC/C=C/C/C=C/C/C=C/C/C=C/C/C=C/C/C=C/CCC(=O)OCC(COCCC(C(=O)O)[N+](C)(C)C)OC(=O)CC/C=C/CCCCCC. The second-order valence-electron chi connectivity index (χ2n) is 13.4. The van der Waals surface area contributed by atoms with Gasteiger partial charge in [-0.15, -0.1) is 0 Å². The predicted octanol–water partition coefficient (Wildman–Crippen LogP) is 9.79. The normalized spacial score (nSPS) is 14.0. The van der Waals surface area contributed by atoms with Crippen LogP contribution in [0.3, 0.4) is 0 Å². The number of hydrogen-bond acceptors (Lipinski definition) is 6. The summed E-state index contributed by atoms with van der Waals surface area (Å²) in [4.78, 5) is 36.6. The first-order valence-electron chi connectivity index (χ1n) is 19.1. The minimum atomic E-state index is -0.895. The number of carboxylic acid groups (broad SMARTS) is 1. The van der Waals surface area contributed by atoms with Crippen molar-refractivity contribution in [2.24, 2.45) is 0 Å². The number of ether oxygens (including phenoxy) is 3. The Labute approximate surface area is 310 Å². The van der Waals surface area contributed by atoms with Gasteiger partial charge in [-0.3, -0.25) is 9.59 Å². The van der Waals surface area contributed by atoms with Gasteiger partial charge in [0.15, 0.2) is 12.1 Å². The summed E-state index contributed by atoms with van der Waals surface area (Å²) in [6.07, 6.45) is 42.4. The van der Waals surface area contributed by atoms with Crippen molar-refractivity contribution in [3.8, 4) is 0 Å². The molecule has 288 valence electrons. The summed E-state index contributed by atoms with van der Waals surface area (Å²) in [6.45, 7) is 4.41. The molecule has 2 atom stereocenters. The van der Waals surface area contributed by atoms with Crippen molar-refractivity contribution in [1.82, 2.24) is 0 Å². The van der Waals surface area contributed by atoms with Crippen LogP contribution < -0.4 is 0 Å².